The molecule has 0 heterocycles. The van der Waals surface area contributed by atoms with E-state index in [1.54, 1.807) is 0 Å². The van der Waals surface area contributed by atoms with Crippen LogP contribution in [0.3, 0.4) is 0 Å². The van der Waals surface area contributed by atoms with Crippen LogP contribution in [0.2, 0.25) is 0 Å². The van der Waals surface area contributed by atoms with E-state index in [2.05, 4.69) is 26.7 Å². The van der Waals surface area contributed by atoms with Crippen LogP contribution in [0.4, 0.5) is 0 Å². The van der Waals surface area contributed by atoms with Crippen LogP contribution in [0.25, 0.3) is 0 Å². The van der Waals surface area contributed by atoms with Gasteiger partial charge in [-0.25, -0.2) is 0 Å². The van der Waals surface area contributed by atoms with Gasteiger partial charge in [-0.15, -0.1) is 0 Å². The largest absolute Gasteiger partial charge is 0.0988 e. The average molecular weight is 178 g/mol. The second-order valence-corrected chi connectivity index (χ2v) is 2.34. The predicted octanol–water partition coefficient (Wildman–Crippen LogP) is 4.67. The van der Waals surface area contributed by atoms with Crippen molar-refractivity contribution in [3.63, 3.8) is 0 Å². The zero-order valence-electron chi connectivity index (χ0n) is 9.27. The molecule has 0 aliphatic carbocycles. The zero-order valence-corrected chi connectivity index (χ0v) is 9.27. The Balaban J connectivity index is 0. The van der Waals surface area contributed by atoms with Crippen molar-refractivity contribution >= 4 is 0 Å². The van der Waals surface area contributed by atoms with Crippen molar-refractivity contribution in [3.05, 3.63) is 49.1 Å². The van der Waals surface area contributed by atoms with Crippen molar-refractivity contribution in [2.45, 2.75) is 33.6 Å². The lowest BCUT2D eigenvalue weighted by Crippen LogP contribution is -1.82. The second kappa shape index (κ2) is 11.0. The van der Waals surface area contributed by atoms with Crippen molar-refractivity contribution in [2.75, 3.05) is 0 Å². The third-order valence-corrected chi connectivity index (χ3v) is 1.58. The van der Waals surface area contributed by atoms with E-state index < -0.39 is 0 Å². The fraction of sp³-hybridized carbons (Fsp3) is 0.385. The molecule has 0 aliphatic rings. The lowest BCUT2D eigenvalue weighted by atomic mass is 10.0. The first-order valence-corrected chi connectivity index (χ1v) is 4.90. The highest BCUT2D eigenvalue weighted by atomic mass is 14.0. The van der Waals surface area contributed by atoms with Crippen molar-refractivity contribution in [1.29, 1.82) is 0 Å². The van der Waals surface area contributed by atoms with E-state index in [9.17, 15) is 0 Å². The van der Waals surface area contributed by atoms with Gasteiger partial charge in [0, 0.05) is 0 Å². The summed E-state index contributed by atoms with van der Waals surface area (Å²) >= 11 is 0. The topological polar surface area (TPSA) is 0 Å². The van der Waals surface area contributed by atoms with E-state index in [0.29, 0.717) is 0 Å². The lowest BCUT2D eigenvalue weighted by Gasteiger charge is -2.02. The van der Waals surface area contributed by atoms with Gasteiger partial charge in [0.25, 0.3) is 0 Å². The molecule has 0 spiro atoms. The van der Waals surface area contributed by atoms with Crippen LogP contribution < -0.4 is 0 Å². The normalized spacial score (nSPS) is 7.62. The fourth-order valence-corrected chi connectivity index (χ4v) is 0.979. The molecule has 0 aromatic carbocycles. The number of allylic oxidation sites excluding steroid dienone is 5. The Labute approximate surface area is 83.4 Å². The van der Waals surface area contributed by atoms with E-state index in [1.165, 1.54) is 5.57 Å². The van der Waals surface area contributed by atoms with Crippen LogP contribution in [-0.2, 0) is 0 Å². The summed E-state index contributed by atoms with van der Waals surface area (Å²) in [7, 11) is 0. The number of hydrogen-bond donors (Lipinski definition) is 0. The summed E-state index contributed by atoms with van der Waals surface area (Å²) in [6, 6.07) is 0. The standard InChI is InChI=1S/C11H16.C2H6/c1-5-9-11(8-4)10(6-2)7-3;1-2/h6-8H,2-5,9H2,1H3;1-2H3. The van der Waals surface area contributed by atoms with Crippen molar-refractivity contribution in [2.24, 2.45) is 0 Å². The van der Waals surface area contributed by atoms with E-state index in [4.69, 9.17) is 0 Å². The van der Waals surface area contributed by atoms with Gasteiger partial charge in [0.1, 0.15) is 0 Å². The number of hydrogen-bond acceptors (Lipinski definition) is 0. The highest BCUT2D eigenvalue weighted by Crippen LogP contribution is 2.13. The monoisotopic (exact) mass is 178 g/mol. The summed E-state index contributed by atoms with van der Waals surface area (Å²) in [5, 5.41) is 0. The minimum atomic E-state index is 1.05. The molecule has 0 aromatic rings. The summed E-state index contributed by atoms with van der Waals surface area (Å²) in [5.74, 6) is 0. The van der Waals surface area contributed by atoms with Crippen LogP contribution >= 0.6 is 0 Å². The van der Waals surface area contributed by atoms with Crippen molar-refractivity contribution in [3.8, 4) is 0 Å². The third-order valence-electron chi connectivity index (χ3n) is 1.58. The van der Waals surface area contributed by atoms with Gasteiger partial charge in [0.15, 0.2) is 0 Å². The van der Waals surface area contributed by atoms with Crippen LogP contribution in [-0.4, -0.2) is 0 Å². The van der Waals surface area contributed by atoms with Gasteiger partial charge in [0.2, 0.25) is 0 Å². The molecule has 0 unspecified atom stereocenters. The molecule has 0 nitrogen and oxygen atoms in total. The van der Waals surface area contributed by atoms with Crippen molar-refractivity contribution < 1.29 is 0 Å². The molecule has 0 saturated carbocycles. The van der Waals surface area contributed by atoms with Crippen molar-refractivity contribution in [1.82, 2.24) is 0 Å². The molecule has 0 rings (SSSR count). The second-order valence-electron chi connectivity index (χ2n) is 2.34. The van der Waals surface area contributed by atoms with Crippen LogP contribution in [0.1, 0.15) is 33.6 Å². The molecule has 0 fully saturated rings. The Bertz CT molecular complexity index is 172. The smallest absolute Gasteiger partial charge is 0.0237 e. The number of rotatable bonds is 5. The lowest BCUT2D eigenvalue weighted by molar-refractivity contribution is 0.922. The van der Waals surface area contributed by atoms with Gasteiger partial charge in [-0.05, 0) is 17.6 Å². The highest BCUT2D eigenvalue weighted by molar-refractivity contribution is 5.38. The molecule has 0 heteroatoms. The Morgan fingerprint density at radius 3 is 1.69 bits per heavy atom. The summed E-state index contributed by atoms with van der Waals surface area (Å²) in [5.41, 5.74) is 2.33. The fourth-order valence-electron chi connectivity index (χ4n) is 0.979. The van der Waals surface area contributed by atoms with E-state index in [-0.39, 0.29) is 0 Å². The maximum absolute atomic E-state index is 3.74. The molecule has 0 atom stereocenters. The first-order chi connectivity index (χ1) is 6.29. The molecule has 0 radical (unpaired) electrons. The van der Waals surface area contributed by atoms with E-state index in [1.807, 2.05) is 32.1 Å². The SMILES string of the molecule is C=CC(C=C)=C(C=C)CCC.CC. The molecular formula is C13H22. The van der Waals surface area contributed by atoms with E-state index in [0.717, 1.165) is 18.4 Å². The molecular weight excluding hydrogens is 156 g/mol. The van der Waals surface area contributed by atoms with Gasteiger partial charge in [-0.1, -0.05) is 65.2 Å². The minimum Gasteiger partial charge on any atom is -0.0988 e. The highest BCUT2D eigenvalue weighted by Gasteiger charge is 1.94. The molecule has 0 aliphatic heterocycles. The molecule has 74 valence electrons. The van der Waals surface area contributed by atoms with Crippen LogP contribution in [0.5, 0.6) is 0 Å². The molecule has 0 saturated heterocycles. The van der Waals surface area contributed by atoms with Gasteiger partial charge < -0.3 is 0 Å². The maximum atomic E-state index is 3.74. The quantitative estimate of drug-likeness (QED) is 0.537. The summed E-state index contributed by atoms with van der Waals surface area (Å²) in [4.78, 5) is 0. The Morgan fingerprint density at radius 1 is 1.00 bits per heavy atom. The zero-order chi connectivity index (χ0) is 10.7. The summed E-state index contributed by atoms with van der Waals surface area (Å²) < 4.78 is 0. The predicted molar refractivity (Wildman–Crippen MR) is 63.9 cm³/mol. The van der Waals surface area contributed by atoms with Gasteiger partial charge in [-0.3, -0.25) is 0 Å². The summed E-state index contributed by atoms with van der Waals surface area (Å²) in [6.45, 7) is 17.3. The third kappa shape index (κ3) is 6.15. The average Bonchev–Trinajstić information content (AvgIpc) is 2.21. The van der Waals surface area contributed by atoms with Crippen LogP contribution in [0.15, 0.2) is 49.1 Å². The van der Waals surface area contributed by atoms with Gasteiger partial charge in [0.05, 0.1) is 0 Å². The maximum Gasteiger partial charge on any atom is -0.0237 e. The Kier molecular flexibility index (Phi) is 12.2. The van der Waals surface area contributed by atoms with Gasteiger partial charge in [-0.2, -0.15) is 0 Å². The van der Waals surface area contributed by atoms with Crippen LogP contribution in [0, 0.1) is 0 Å². The Morgan fingerprint density at radius 2 is 1.46 bits per heavy atom. The van der Waals surface area contributed by atoms with E-state index >= 15 is 0 Å². The summed E-state index contributed by atoms with van der Waals surface area (Å²) in [6.07, 6.45) is 7.70. The molecule has 0 bridgehead atoms. The first-order valence-electron chi connectivity index (χ1n) is 4.90. The molecule has 0 amide bonds. The Hall–Kier alpha value is -1.04. The molecule has 0 aromatic heterocycles. The molecule has 0 N–H and O–H groups in total. The minimum absolute atomic E-state index is 1.05. The molecule has 13 heavy (non-hydrogen) atoms. The van der Waals surface area contributed by atoms with Gasteiger partial charge >= 0.3 is 0 Å². The first kappa shape index (κ1) is 14.5.